The van der Waals surface area contributed by atoms with Gasteiger partial charge in [-0.05, 0) is 61.1 Å². The van der Waals surface area contributed by atoms with Crippen molar-refractivity contribution >= 4 is 34.4 Å². The monoisotopic (exact) mass is 472 g/mol. The van der Waals surface area contributed by atoms with Gasteiger partial charge >= 0.3 is 5.97 Å². The molecule has 1 aliphatic heterocycles. The third kappa shape index (κ3) is 4.23. The normalized spacial score (nSPS) is 16.6. The second kappa shape index (κ2) is 8.59. The molecule has 0 bridgehead atoms. The van der Waals surface area contributed by atoms with E-state index in [4.69, 9.17) is 21.1 Å². The molecule has 0 saturated heterocycles. The first kappa shape index (κ1) is 21.6. The molecular formula is C24H22ClFN2O5. The summed E-state index contributed by atoms with van der Waals surface area (Å²) in [5, 5.41) is 13.2. The molecule has 1 aliphatic carbocycles. The van der Waals surface area contributed by atoms with Gasteiger partial charge in [-0.2, -0.15) is 0 Å². The van der Waals surface area contributed by atoms with Gasteiger partial charge in [0, 0.05) is 23.5 Å². The fourth-order valence-corrected chi connectivity index (χ4v) is 5.09. The molecule has 172 valence electrons. The zero-order valence-corrected chi connectivity index (χ0v) is 18.5. The van der Waals surface area contributed by atoms with Crippen molar-refractivity contribution < 1.29 is 28.6 Å². The lowest BCUT2D eigenvalue weighted by Crippen LogP contribution is -2.39. The molecule has 1 atom stereocenters. The molecule has 1 amide bonds. The predicted octanol–water partition coefficient (Wildman–Crippen LogP) is 3.85. The number of carbonyl (C=O) groups is 2. The summed E-state index contributed by atoms with van der Waals surface area (Å²) in [6, 6.07) is 8.12. The van der Waals surface area contributed by atoms with Gasteiger partial charge in [-0.1, -0.05) is 17.7 Å². The molecule has 3 aromatic rings. The number of aromatic nitrogens is 1. The highest BCUT2D eigenvalue weighted by atomic mass is 35.5. The van der Waals surface area contributed by atoms with E-state index in [0.717, 1.165) is 16.8 Å². The van der Waals surface area contributed by atoms with Gasteiger partial charge in [-0.25, -0.2) is 4.39 Å². The van der Waals surface area contributed by atoms with E-state index in [9.17, 15) is 19.1 Å². The summed E-state index contributed by atoms with van der Waals surface area (Å²) in [5.41, 5.74) is 3.20. The minimum Gasteiger partial charge on any atom is -0.480 e. The molecule has 33 heavy (non-hydrogen) atoms. The van der Waals surface area contributed by atoms with E-state index >= 15 is 0 Å². The average Bonchev–Trinajstić information content (AvgIpc) is 3.34. The zero-order chi connectivity index (χ0) is 23.1. The van der Waals surface area contributed by atoms with Crippen molar-refractivity contribution in [3.8, 4) is 11.5 Å². The molecule has 1 aromatic heterocycles. The van der Waals surface area contributed by atoms with Crippen LogP contribution in [0.3, 0.4) is 0 Å². The summed E-state index contributed by atoms with van der Waals surface area (Å²) in [4.78, 5) is 24.0. The number of hydrogen-bond acceptors (Lipinski definition) is 4. The Hall–Kier alpha value is -3.26. The molecule has 2 aromatic carbocycles. The van der Waals surface area contributed by atoms with Gasteiger partial charge in [-0.3, -0.25) is 9.59 Å². The van der Waals surface area contributed by atoms with Crippen LogP contribution in [0.2, 0.25) is 5.02 Å². The smallest absolute Gasteiger partial charge is 0.323 e. The molecule has 0 fully saturated rings. The number of nitrogens with zero attached hydrogens (tertiary/aromatic N) is 1. The Morgan fingerprint density at radius 3 is 2.85 bits per heavy atom. The van der Waals surface area contributed by atoms with E-state index < -0.39 is 11.8 Å². The van der Waals surface area contributed by atoms with Crippen LogP contribution in [0.1, 0.15) is 29.7 Å². The number of aryl methyl sites for hydroxylation is 1. The van der Waals surface area contributed by atoms with E-state index in [0.29, 0.717) is 54.5 Å². The molecule has 0 radical (unpaired) electrons. The number of amides is 1. The fourth-order valence-electron chi connectivity index (χ4n) is 4.78. The Labute approximate surface area is 194 Å². The van der Waals surface area contributed by atoms with Crippen molar-refractivity contribution in [2.75, 3.05) is 6.79 Å². The minimum absolute atomic E-state index is 0.0698. The number of aliphatic carboxylic acids is 1. The van der Waals surface area contributed by atoms with Crippen LogP contribution in [0, 0.1) is 5.82 Å². The molecule has 0 saturated carbocycles. The summed E-state index contributed by atoms with van der Waals surface area (Å²) in [5.74, 6) is -0.137. The van der Waals surface area contributed by atoms with Gasteiger partial charge in [0.25, 0.3) is 0 Å². The SMILES string of the molecule is O=C(O)Cn1c2c(c3cc(F)cc(Cl)c31)C[C@@H](NC(=O)CCc1ccc3c(c1)OCO3)CC2. The second-order valence-electron chi connectivity index (χ2n) is 8.38. The maximum atomic E-state index is 14.1. The minimum atomic E-state index is -0.992. The standard InChI is InChI=1S/C24H22ClFN2O5/c25-18-9-14(26)8-17-16-10-15(3-4-19(16)28(24(17)18)11-23(30)31)27-22(29)6-2-13-1-5-20-21(7-13)33-12-32-20/h1,5,7-9,15H,2-4,6,10-12H2,(H,27,29)(H,30,31)/t15-/m0/s1. The van der Waals surface area contributed by atoms with Gasteiger partial charge in [-0.15, -0.1) is 0 Å². The van der Waals surface area contributed by atoms with Gasteiger partial charge in [0.05, 0.1) is 10.5 Å². The van der Waals surface area contributed by atoms with Crippen molar-refractivity contribution in [3.63, 3.8) is 0 Å². The van der Waals surface area contributed by atoms with Crippen LogP contribution in [0.4, 0.5) is 4.39 Å². The first-order valence-corrected chi connectivity index (χ1v) is 11.2. The molecule has 5 rings (SSSR count). The van der Waals surface area contributed by atoms with E-state index in [1.54, 1.807) is 4.57 Å². The fraction of sp³-hybridized carbons (Fsp3) is 0.333. The number of ether oxygens (including phenoxy) is 2. The highest BCUT2D eigenvalue weighted by molar-refractivity contribution is 6.35. The van der Waals surface area contributed by atoms with E-state index in [1.807, 2.05) is 18.2 Å². The Morgan fingerprint density at radius 2 is 2.03 bits per heavy atom. The number of carboxylic acid groups (broad SMARTS) is 1. The second-order valence-corrected chi connectivity index (χ2v) is 8.79. The number of hydrogen-bond donors (Lipinski definition) is 2. The van der Waals surface area contributed by atoms with Crippen molar-refractivity contribution in [1.29, 1.82) is 0 Å². The first-order valence-electron chi connectivity index (χ1n) is 10.8. The highest BCUT2D eigenvalue weighted by Crippen LogP contribution is 2.37. The van der Waals surface area contributed by atoms with Crippen LogP contribution in [0.15, 0.2) is 30.3 Å². The predicted molar refractivity (Wildman–Crippen MR) is 119 cm³/mol. The number of carboxylic acids is 1. The van der Waals surface area contributed by atoms with Crippen molar-refractivity contribution in [3.05, 3.63) is 58.0 Å². The Morgan fingerprint density at radius 1 is 1.21 bits per heavy atom. The van der Waals surface area contributed by atoms with Crippen LogP contribution in [0.5, 0.6) is 11.5 Å². The zero-order valence-electron chi connectivity index (χ0n) is 17.7. The molecule has 2 aliphatic rings. The van der Waals surface area contributed by atoms with E-state index in [1.165, 1.54) is 12.1 Å². The first-order chi connectivity index (χ1) is 15.9. The summed E-state index contributed by atoms with van der Waals surface area (Å²) >= 11 is 6.29. The van der Waals surface area contributed by atoms with Crippen LogP contribution in [0.25, 0.3) is 10.9 Å². The Bertz CT molecular complexity index is 1270. The largest absolute Gasteiger partial charge is 0.480 e. The van der Waals surface area contributed by atoms with Crippen LogP contribution in [-0.4, -0.2) is 34.4 Å². The lowest BCUT2D eigenvalue weighted by atomic mass is 9.91. The van der Waals surface area contributed by atoms with Gasteiger partial charge in [0.15, 0.2) is 11.5 Å². The highest BCUT2D eigenvalue weighted by Gasteiger charge is 2.28. The molecule has 9 heteroatoms. The molecule has 0 spiro atoms. The molecule has 2 N–H and O–H groups in total. The molecule has 2 heterocycles. The van der Waals surface area contributed by atoms with Crippen LogP contribution in [-0.2, 0) is 35.4 Å². The van der Waals surface area contributed by atoms with Gasteiger partial charge in [0.1, 0.15) is 12.4 Å². The summed E-state index contributed by atoms with van der Waals surface area (Å²) in [6.07, 6.45) is 2.62. The number of rotatable bonds is 6. The molecule has 0 unspecified atom stereocenters. The quantitative estimate of drug-likeness (QED) is 0.568. The molecular weight excluding hydrogens is 451 g/mol. The third-order valence-corrected chi connectivity index (χ3v) is 6.50. The summed E-state index contributed by atoms with van der Waals surface area (Å²) < 4.78 is 26.4. The lowest BCUT2D eigenvalue weighted by Gasteiger charge is -2.25. The maximum Gasteiger partial charge on any atom is 0.323 e. The number of nitrogens with one attached hydrogen (secondary N) is 1. The van der Waals surface area contributed by atoms with Crippen LogP contribution < -0.4 is 14.8 Å². The summed E-state index contributed by atoms with van der Waals surface area (Å²) in [6.45, 7) is -0.0370. The third-order valence-electron chi connectivity index (χ3n) is 6.21. The number of benzene rings is 2. The molecule has 7 nitrogen and oxygen atoms in total. The van der Waals surface area contributed by atoms with E-state index in [2.05, 4.69) is 5.32 Å². The maximum absolute atomic E-state index is 14.1. The van der Waals surface area contributed by atoms with Crippen molar-refractivity contribution in [2.24, 2.45) is 0 Å². The van der Waals surface area contributed by atoms with Crippen molar-refractivity contribution in [1.82, 2.24) is 9.88 Å². The average molecular weight is 473 g/mol. The number of carbonyl (C=O) groups excluding carboxylic acids is 1. The van der Waals surface area contributed by atoms with Gasteiger partial charge in [0.2, 0.25) is 12.7 Å². The summed E-state index contributed by atoms with van der Waals surface area (Å²) in [7, 11) is 0. The van der Waals surface area contributed by atoms with Gasteiger partial charge < -0.3 is 24.5 Å². The van der Waals surface area contributed by atoms with Crippen LogP contribution >= 0.6 is 11.6 Å². The topological polar surface area (TPSA) is 89.8 Å². The Balaban J connectivity index is 1.30. The van der Waals surface area contributed by atoms with Crippen molar-refractivity contribution in [2.45, 2.75) is 44.7 Å². The number of fused-ring (bicyclic) bond motifs is 4. The van der Waals surface area contributed by atoms with E-state index in [-0.39, 0.29) is 30.3 Å². The Kier molecular flexibility index (Phi) is 5.62. The lowest BCUT2D eigenvalue weighted by molar-refractivity contribution is -0.137. The number of halogens is 2.